The molecule has 1 N–H and O–H groups in total. The first-order chi connectivity index (χ1) is 10.5. The minimum atomic E-state index is 0.0539. The van der Waals surface area contributed by atoms with Gasteiger partial charge in [-0.05, 0) is 45.1 Å². The Hall–Kier alpha value is -0.910. The van der Waals surface area contributed by atoms with E-state index in [9.17, 15) is 4.79 Å². The SMILES string of the molecule is CN(C)CCNC(=O)N1CCCC(Sc2cccc(Cl)c2)C1. The highest BCUT2D eigenvalue weighted by molar-refractivity contribution is 8.00. The van der Waals surface area contributed by atoms with Crippen molar-refractivity contribution in [2.75, 3.05) is 40.3 Å². The Kier molecular flexibility index (Phi) is 6.86. The highest BCUT2D eigenvalue weighted by Gasteiger charge is 2.24. The van der Waals surface area contributed by atoms with Gasteiger partial charge in [0.15, 0.2) is 0 Å². The van der Waals surface area contributed by atoms with E-state index < -0.39 is 0 Å². The lowest BCUT2D eigenvalue weighted by Gasteiger charge is -2.32. The van der Waals surface area contributed by atoms with Crippen LogP contribution < -0.4 is 5.32 Å². The number of carbonyl (C=O) groups is 1. The topological polar surface area (TPSA) is 35.6 Å². The van der Waals surface area contributed by atoms with Crippen molar-refractivity contribution in [2.24, 2.45) is 0 Å². The molecule has 1 heterocycles. The molecule has 0 aromatic heterocycles. The van der Waals surface area contributed by atoms with Gasteiger partial charge in [0.1, 0.15) is 0 Å². The number of rotatable bonds is 5. The minimum Gasteiger partial charge on any atom is -0.337 e. The summed E-state index contributed by atoms with van der Waals surface area (Å²) in [6, 6.07) is 7.98. The number of carbonyl (C=O) groups excluding carboxylic acids is 1. The third-order valence-corrected chi connectivity index (χ3v) is 5.08. The van der Waals surface area contributed by atoms with Gasteiger partial charge in [-0.15, -0.1) is 11.8 Å². The summed E-state index contributed by atoms with van der Waals surface area (Å²) in [7, 11) is 4.01. The maximum Gasteiger partial charge on any atom is 0.317 e. The van der Waals surface area contributed by atoms with E-state index in [4.69, 9.17) is 11.6 Å². The summed E-state index contributed by atoms with van der Waals surface area (Å²) >= 11 is 7.85. The first kappa shape index (κ1) is 17.4. The number of nitrogens with one attached hydrogen (secondary N) is 1. The Morgan fingerprint density at radius 1 is 1.50 bits per heavy atom. The van der Waals surface area contributed by atoms with E-state index in [2.05, 4.69) is 16.3 Å². The largest absolute Gasteiger partial charge is 0.337 e. The van der Waals surface area contributed by atoms with Crippen LogP contribution in [0.2, 0.25) is 5.02 Å². The van der Waals surface area contributed by atoms with Crippen LogP contribution in [-0.2, 0) is 0 Å². The highest BCUT2D eigenvalue weighted by atomic mass is 35.5. The zero-order chi connectivity index (χ0) is 15.9. The third kappa shape index (κ3) is 5.71. The molecule has 122 valence electrons. The monoisotopic (exact) mass is 341 g/mol. The number of thioether (sulfide) groups is 1. The number of benzene rings is 1. The average Bonchev–Trinajstić information content (AvgIpc) is 2.47. The lowest BCUT2D eigenvalue weighted by atomic mass is 10.1. The third-order valence-electron chi connectivity index (χ3n) is 3.60. The second-order valence-electron chi connectivity index (χ2n) is 5.82. The van der Waals surface area contributed by atoms with Crippen LogP contribution in [0, 0.1) is 0 Å². The van der Waals surface area contributed by atoms with Crippen LogP contribution in [0.15, 0.2) is 29.2 Å². The predicted octanol–water partition coefficient (Wildman–Crippen LogP) is 3.17. The van der Waals surface area contributed by atoms with E-state index in [0.717, 1.165) is 37.5 Å². The molecular formula is C16H24ClN3OS. The standard InChI is InChI=1S/C16H24ClN3OS/c1-19(2)10-8-18-16(21)20-9-4-7-15(12-20)22-14-6-3-5-13(17)11-14/h3,5-6,11,15H,4,7-10,12H2,1-2H3,(H,18,21). The maximum atomic E-state index is 12.2. The molecule has 4 nitrogen and oxygen atoms in total. The van der Waals surface area contributed by atoms with E-state index in [1.165, 1.54) is 4.90 Å². The molecule has 0 aliphatic carbocycles. The van der Waals surface area contributed by atoms with Gasteiger partial charge in [0.05, 0.1) is 0 Å². The number of piperidine rings is 1. The fourth-order valence-corrected chi connectivity index (χ4v) is 3.98. The summed E-state index contributed by atoms with van der Waals surface area (Å²) in [4.78, 5) is 17.4. The summed E-state index contributed by atoms with van der Waals surface area (Å²) < 4.78 is 0. The first-order valence-corrected chi connectivity index (χ1v) is 8.90. The number of amides is 2. The van der Waals surface area contributed by atoms with E-state index in [0.29, 0.717) is 11.8 Å². The fourth-order valence-electron chi connectivity index (χ4n) is 2.45. The van der Waals surface area contributed by atoms with Crippen LogP contribution in [0.4, 0.5) is 4.79 Å². The zero-order valence-corrected chi connectivity index (χ0v) is 14.8. The lowest BCUT2D eigenvalue weighted by molar-refractivity contribution is 0.187. The minimum absolute atomic E-state index is 0.0539. The van der Waals surface area contributed by atoms with Gasteiger partial charge in [-0.25, -0.2) is 4.79 Å². The molecule has 1 unspecified atom stereocenters. The van der Waals surface area contributed by atoms with Crippen molar-refractivity contribution < 1.29 is 4.79 Å². The molecule has 1 fully saturated rings. The van der Waals surface area contributed by atoms with Crippen molar-refractivity contribution in [3.8, 4) is 0 Å². The highest BCUT2D eigenvalue weighted by Crippen LogP contribution is 2.30. The Balaban J connectivity index is 1.82. The van der Waals surface area contributed by atoms with E-state index >= 15 is 0 Å². The van der Waals surface area contributed by atoms with Crippen molar-refractivity contribution in [1.82, 2.24) is 15.1 Å². The molecule has 1 aromatic rings. The summed E-state index contributed by atoms with van der Waals surface area (Å²) in [6.07, 6.45) is 2.19. The average molecular weight is 342 g/mol. The number of urea groups is 1. The van der Waals surface area contributed by atoms with Crippen molar-refractivity contribution in [2.45, 2.75) is 23.0 Å². The summed E-state index contributed by atoms with van der Waals surface area (Å²) in [5.41, 5.74) is 0. The van der Waals surface area contributed by atoms with Gasteiger partial charge in [-0.1, -0.05) is 17.7 Å². The Bertz CT molecular complexity index is 498. The number of hydrogen-bond donors (Lipinski definition) is 1. The van der Waals surface area contributed by atoms with Gasteiger partial charge in [0.25, 0.3) is 0 Å². The molecule has 0 radical (unpaired) electrons. The molecule has 1 aliphatic rings. The maximum absolute atomic E-state index is 12.2. The van der Waals surface area contributed by atoms with Crippen LogP contribution in [0.1, 0.15) is 12.8 Å². The summed E-state index contributed by atoms with van der Waals surface area (Å²) in [5.74, 6) is 0. The van der Waals surface area contributed by atoms with Crippen LogP contribution >= 0.6 is 23.4 Å². The number of likely N-dealkylation sites (N-methyl/N-ethyl adjacent to an activating group) is 1. The van der Waals surface area contributed by atoms with Crippen molar-refractivity contribution in [3.05, 3.63) is 29.3 Å². The zero-order valence-electron chi connectivity index (χ0n) is 13.2. The Morgan fingerprint density at radius 3 is 3.05 bits per heavy atom. The van der Waals surface area contributed by atoms with Crippen LogP contribution in [-0.4, -0.2) is 61.4 Å². The smallest absolute Gasteiger partial charge is 0.317 e. The van der Waals surface area contributed by atoms with Crippen LogP contribution in [0.3, 0.4) is 0 Å². The van der Waals surface area contributed by atoms with Crippen LogP contribution in [0.5, 0.6) is 0 Å². The quantitative estimate of drug-likeness (QED) is 0.893. The summed E-state index contributed by atoms with van der Waals surface area (Å²) in [5, 5.41) is 4.19. The van der Waals surface area contributed by atoms with Crippen molar-refractivity contribution in [1.29, 1.82) is 0 Å². The molecule has 1 aromatic carbocycles. The molecule has 0 saturated carbocycles. The molecule has 1 saturated heterocycles. The number of likely N-dealkylation sites (tertiary alicyclic amines) is 1. The second kappa shape index (κ2) is 8.65. The van der Waals surface area contributed by atoms with Gasteiger partial charge in [0, 0.05) is 41.3 Å². The molecule has 0 spiro atoms. The number of halogens is 1. The molecule has 22 heavy (non-hydrogen) atoms. The lowest BCUT2D eigenvalue weighted by Crippen LogP contribution is -2.47. The van der Waals surface area contributed by atoms with Gasteiger partial charge in [0.2, 0.25) is 0 Å². The second-order valence-corrected chi connectivity index (χ2v) is 7.63. The first-order valence-electron chi connectivity index (χ1n) is 7.64. The van der Waals surface area contributed by atoms with Gasteiger partial charge in [-0.3, -0.25) is 0 Å². The molecule has 0 bridgehead atoms. The van der Waals surface area contributed by atoms with E-state index in [1.54, 1.807) is 0 Å². The predicted molar refractivity (Wildman–Crippen MR) is 93.9 cm³/mol. The van der Waals surface area contributed by atoms with E-state index in [1.807, 2.05) is 49.0 Å². The molecule has 2 amide bonds. The van der Waals surface area contributed by atoms with Gasteiger partial charge < -0.3 is 15.1 Å². The van der Waals surface area contributed by atoms with E-state index in [-0.39, 0.29) is 6.03 Å². The molecule has 1 atom stereocenters. The Morgan fingerprint density at radius 2 is 2.32 bits per heavy atom. The fraction of sp³-hybridized carbons (Fsp3) is 0.562. The molecule has 6 heteroatoms. The summed E-state index contributed by atoms with van der Waals surface area (Å²) in [6.45, 7) is 3.19. The van der Waals surface area contributed by atoms with Crippen LogP contribution in [0.25, 0.3) is 0 Å². The van der Waals surface area contributed by atoms with Gasteiger partial charge in [-0.2, -0.15) is 0 Å². The van der Waals surface area contributed by atoms with Crippen molar-refractivity contribution >= 4 is 29.4 Å². The number of nitrogens with zero attached hydrogens (tertiary/aromatic N) is 2. The van der Waals surface area contributed by atoms with Gasteiger partial charge >= 0.3 is 6.03 Å². The van der Waals surface area contributed by atoms with Crippen molar-refractivity contribution in [3.63, 3.8) is 0 Å². The number of hydrogen-bond acceptors (Lipinski definition) is 3. The molecule has 1 aliphatic heterocycles. The normalized spacial score (nSPS) is 18.5. The molecule has 2 rings (SSSR count). The Labute approximate surface area is 142 Å². The molecular weight excluding hydrogens is 318 g/mol.